The lowest BCUT2D eigenvalue weighted by molar-refractivity contribution is 0.0601. The molecule has 98 valence electrons. The normalized spacial score (nSPS) is 14.9. The standard InChI is InChI=1S/C16H17NO2/c1-19-16(18)14-5-4-13-11-15(7-6-12(13)10-14)17-8-2-3-9-17/h4-7,10-11H,2-3,8-9H2,1H3. The lowest BCUT2D eigenvalue weighted by atomic mass is 10.1. The zero-order valence-corrected chi connectivity index (χ0v) is 11.1. The van der Waals surface area contributed by atoms with E-state index in [2.05, 4.69) is 23.1 Å². The number of benzene rings is 2. The topological polar surface area (TPSA) is 29.5 Å². The molecule has 0 aliphatic carbocycles. The number of carbonyl (C=O) groups is 1. The van der Waals surface area contributed by atoms with E-state index in [1.807, 2.05) is 18.2 Å². The van der Waals surface area contributed by atoms with E-state index in [-0.39, 0.29) is 5.97 Å². The van der Waals surface area contributed by atoms with E-state index < -0.39 is 0 Å². The molecule has 0 aromatic heterocycles. The lowest BCUT2D eigenvalue weighted by Gasteiger charge is -2.18. The van der Waals surface area contributed by atoms with Gasteiger partial charge in [0.05, 0.1) is 12.7 Å². The second-order valence-electron chi connectivity index (χ2n) is 4.93. The van der Waals surface area contributed by atoms with Crippen LogP contribution < -0.4 is 4.90 Å². The van der Waals surface area contributed by atoms with Crippen molar-refractivity contribution in [3.8, 4) is 0 Å². The van der Waals surface area contributed by atoms with Gasteiger partial charge in [0.25, 0.3) is 0 Å². The number of esters is 1. The fraction of sp³-hybridized carbons (Fsp3) is 0.312. The highest BCUT2D eigenvalue weighted by Gasteiger charge is 2.13. The monoisotopic (exact) mass is 255 g/mol. The highest BCUT2D eigenvalue weighted by atomic mass is 16.5. The van der Waals surface area contributed by atoms with Crippen LogP contribution >= 0.6 is 0 Å². The number of anilines is 1. The van der Waals surface area contributed by atoms with Crippen LogP contribution in [-0.4, -0.2) is 26.2 Å². The Balaban J connectivity index is 1.98. The van der Waals surface area contributed by atoms with E-state index in [4.69, 9.17) is 4.74 Å². The Kier molecular flexibility index (Phi) is 3.11. The van der Waals surface area contributed by atoms with E-state index in [0.29, 0.717) is 5.56 Å². The molecule has 1 heterocycles. The van der Waals surface area contributed by atoms with Crippen molar-refractivity contribution < 1.29 is 9.53 Å². The largest absolute Gasteiger partial charge is 0.465 e. The molecular formula is C16H17NO2. The first-order chi connectivity index (χ1) is 9.28. The molecular weight excluding hydrogens is 238 g/mol. The second kappa shape index (κ2) is 4.92. The highest BCUT2D eigenvalue weighted by molar-refractivity contribution is 5.96. The third kappa shape index (κ3) is 2.28. The van der Waals surface area contributed by atoms with Crippen LogP contribution in [0.3, 0.4) is 0 Å². The van der Waals surface area contributed by atoms with Gasteiger partial charge in [-0.2, -0.15) is 0 Å². The molecule has 2 aromatic rings. The maximum absolute atomic E-state index is 11.5. The minimum absolute atomic E-state index is 0.287. The van der Waals surface area contributed by atoms with Gasteiger partial charge in [-0.15, -0.1) is 0 Å². The molecule has 3 rings (SSSR count). The van der Waals surface area contributed by atoms with E-state index in [9.17, 15) is 4.79 Å². The summed E-state index contributed by atoms with van der Waals surface area (Å²) in [5.41, 5.74) is 1.87. The summed E-state index contributed by atoms with van der Waals surface area (Å²) in [7, 11) is 1.41. The Morgan fingerprint density at radius 2 is 1.74 bits per heavy atom. The molecule has 2 aromatic carbocycles. The molecule has 0 unspecified atom stereocenters. The predicted molar refractivity (Wildman–Crippen MR) is 76.7 cm³/mol. The van der Waals surface area contributed by atoms with Crippen molar-refractivity contribution >= 4 is 22.4 Å². The molecule has 0 N–H and O–H groups in total. The van der Waals surface area contributed by atoms with E-state index >= 15 is 0 Å². The molecule has 1 fully saturated rings. The number of rotatable bonds is 2. The molecule has 1 aliphatic heterocycles. The maximum atomic E-state index is 11.5. The van der Waals surface area contributed by atoms with Crippen molar-refractivity contribution in [3.63, 3.8) is 0 Å². The molecule has 3 heteroatoms. The third-order valence-electron chi connectivity index (χ3n) is 3.72. The predicted octanol–water partition coefficient (Wildman–Crippen LogP) is 3.23. The minimum Gasteiger partial charge on any atom is -0.465 e. The smallest absolute Gasteiger partial charge is 0.337 e. The Morgan fingerprint density at radius 3 is 2.47 bits per heavy atom. The first-order valence-corrected chi connectivity index (χ1v) is 6.65. The van der Waals surface area contributed by atoms with Gasteiger partial charge >= 0.3 is 5.97 Å². The van der Waals surface area contributed by atoms with Gasteiger partial charge in [-0.1, -0.05) is 12.1 Å². The SMILES string of the molecule is COC(=O)c1ccc2cc(N3CCCC3)ccc2c1. The van der Waals surface area contributed by atoms with Gasteiger partial charge < -0.3 is 9.64 Å². The molecule has 19 heavy (non-hydrogen) atoms. The Hall–Kier alpha value is -2.03. The van der Waals surface area contributed by atoms with Crippen LogP contribution in [0.5, 0.6) is 0 Å². The van der Waals surface area contributed by atoms with Crippen LogP contribution in [0.25, 0.3) is 10.8 Å². The average molecular weight is 255 g/mol. The summed E-state index contributed by atoms with van der Waals surface area (Å²) >= 11 is 0. The highest BCUT2D eigenvalue weighted by Crippen LogP contribution is 2.25. The van der Waals surface area contributed by atoms with Gasteiger partial charge in [-0.25, -0.2) is 4.79 Å². The zero-order valence-electron chi connectivity index (χ0n) is 11.1. The number of hydrogen-bond acceptors (Lipinski definition) is 3. The van der Waals surface area contributed by atoms with Crippen molar-refractivity contribution in [3.05, 3.63) is 42.0 Å². The van der Waals surface area contributed by atoms with Gasteiger partial charge in [0.2, 0.25) is 0 Å². The van der Waals surface area contributed by atoms with Gasteiger partial charge in [-0.3, -0.25) is 0 Å². The first-order valence-electron chi connectivity index (χ1n) is 6.65. The summed E-state index contributed by atoms with van der Waals surface area (Å²) in [6, 6.07) is 12.1. The molecule has 3 nitrogen and oxygen atoms in total. The summed E-state index contributed by atoms with van der Waals surface area (Å²) in [6.07, 6.45) is 2.55. The van der Waals surface area contributed by atoms with Gasteiger partial charge in [0.1, 0.15) is 0 Å². The number of methoxy groups -OCH3 is 1. The van der Waals surface area contributed by atoms with E-state index in [0.717, 1.165) is 23.9 Å². The quantitative estimate of drug-likeness (QED) is 0.772. The van der Waals surface area contributed by atoms with Crippen molar-refractivity contribution in [1.82, 2.24) is 0 Å². The number of fused-ring (bicyclic) bond motifs is 1. The molecule has 1 aliphatic rings. The summed E-state index contributed by atoms with van der Waals surface area (Å²) in [5.74, 6) is -0.287. The van der Waals surface area contributed by atoms with Crippen molar-refractivity contribution in [1.29, 1.82) is 0 Å². The summed E-state index contributed by atoms with van der Waals surface area (Å²) in [6.45, 7) is 2.29. The van der Waals surface area contributed by atoms with E-state index in [1.165, 1.54) is 25.6 Å². The van der Waals surface area contributed by atoms with E-state index in [1.54, 1.807) is 0 Å². The van der Waals surface area contributed by atoms with Crippen LogP contribution in [0.2, 0.25) is 0 Å². The molecule has 0 radical (unpaired) electrons. The minimum atomic E-state index is -0.287. The van der Waals surface area contributed by atoms with Gasteiger partial charge in [0, 0.05) is 18.8 Å². The average Bonchev–Trinajstić information content (AvgIpc) is 2.99. The molecule has 0 amide bonds. The summed E-state index contributed by atoms with van der Waals surface area (Å²) in [4.78, 5) is 13.9. The van der Waals surface area contributed by atoms with Gasteiger partial charge in [-0.05, 0) is 47.9 Å². The van der Waals surface area contributed by atoms with Crippen LogP contribution in [0.1, 0.15) is 23.2 Å². The van der Waals surface area contributed by atoms with Crippen LogP contribution in [-0.2, 0) is 4.74 Å². The van der Waals surface area contributed by atoms with Crippen LogP contribution in [0.15, 0.2) is 36.4 Å². The van der Waals surface area contributed by atoms with Crippen LogP contribution in [0, 0.1) is 0 Å². The molecule has 0 spiro atoms. The summed E-state index contributed by atoms with van der Waals surface area (Å²) in [5, 5.41) is 2.24. The number of ether oxygens (including phenoxy) is 1. The molecule has 1 saturated heterocycles. The van der Waals surface area contributed by atoms with Crippen molar-refractivity contribution in [2.75, 3.05) is 25.1 Å². The molecule has 0 bridgehead atoms. The Morgan fingerprint density at radius 1 is 1.05 bits per heavy atom. The molecule has 0 atom stereocenters. The van der Waals surface area contributed by atoms with Crippen molar-refractivity contribution in [2.45, 2.75) is 12.8 Å². The fourth-order valence-electron chi connectivity index (χ4n) is 2.65. The number of nitrogens with zero attached hydrogens (tertiary/aromatic N) is 1. The number of hydrogen-bond donors (Lipinski definition) is 0. The first kappa shape index (κ1) is 12.0. The lowest BCUT2D eigenvalue weighted by Crippen LogP contribution is -2.17. The Labute approximate surface area is 112 Å². The zero-order chi connectivity index (χ0) is 13.2. The third-order valence-corrected chi connectivity index (χ3v) is 3.72. The molecule has 0 saturated carbocycles. The maximum Gasteiger partial charge on any atom is 0.337 e. The van der Waals surface area contributed by atoms with Crippen molar-refractivity contribution in [2.24, 2.45) is 0 Å². The number of carbonyl (C=O) groups excluding carboxylic acids is 1. The summed E-state index contributed by atoms with van der Waals surface area (Å²) < 4.78 is 4.74. The Bertz CT molecular complexity index is 615. The fourth-order valence-corrected chi connectivity index (χ4v) is 2.65. The van der Waals surface area contributed by atoms with Gasteiger partial charge in [0.15, 0.2) is 0 Å². The second-order valence-corrected chi connectivity index (χ2v) is 4.93. The van der Waals surface area contributed by atoms with Crippen LogP contribution in [0.4, 0.5) is 5.69 Å².